The average Bonchev–Trinajstić information content (AvgIpc) is 3.19. The maximum Gasteiger partial charge on any atom is 0.222 e. The fourth-order valence-corrected chi connectivity index (χ4v) is 3.75. The van der Waals surface area contributed by atoms with Crippen LogP contribution in [0.25, 0.3) is 0 Å². The fourth-order valence-electron chi connectivity index (χ4n) is 3.75. The maximum absolute atomic E-state index is 11.8. The van der Waals surface area contributed by atoms with Gasteiger partial charge in [0.2, 0.25) is 11.8 Å². The molecule has 0 saturated carbocycles. The second-order valence-electron chi connectivity index (χ2n) is 7.77. The molecule has 1 aromatic heterocycles. The van der Waals surface area contributed by atoms with Crippen molar-refractivity contribution in [2.75, 3.05) is 56.3 Å². The van der Waals surface area contributed by atoms with Crippen LogP contribution in [0.1, 0.15) is 24.0 Å². The summed E-state index contributed by atoms with van der Waals surface area (Å²) in [6, 6.07) is 12.0. The molecule has 0 aliphatic carbocycles. The number of likely N-dealkylation sites (tertiary alicyclic amines) is 1. The highest BCUT2D eigenvalue weighted by molar-refractivity contribution is 5.80. The molecule has 0 unspecified atom stereocenters. The molecule has 1 amide bonds. The van der Waals surface area contributed by atoms with E-state index in [1.54, 1.807) is 6.21 Å². The van der Waals surface area contributed by atoms with E-state index in [1.165, 1.54) is 5.56 Å². The Balaban J connectivity index is 1.45. The molecular formula is C23H29N5O3. The lowest BCUT2D eigenvalue weighted by Gasteiger charge is -2.29. The number of hydrogen-bond acceptors (Lipinski definition) is 7. The van der Waals surface area contributed by atoms with Crippen LogP contribution in [-0.2, 0) is 9.53 Å². The standard InChI is InChI=1S/C23H29N5O3/c1-18-4-2-5-19(14-18)17-24-26-21-15-20(27-8-11-30-12-9-27)16-22(25-21)31-13-10-28-7-3-6-23(28)29/h2,4-5,14-17H,3,6-13H2,1H3,(H,25,26). The highest BCUT2D eigenvalue weighted by atomic mass is 16.5. The minimum atomic E-state index is 0.200. The predicted molar refractivity (Wildman–Crippen MR) is 121 cm³/mol. The molecule has 4 rings (SSSR count). The van der Waals surface area contributed by atoms with Gasteiger partial charge >= 0.3 is 0 Å². The molecule has 2 aromatic rings. The molecule has 0 bridgehead atoms. The molecule has 0 atom stereocenters. The quantitative estimate of drug-likeness (QED) is 0.520. The Labute approximate surface area is 182 Å². The summed E-state index contributed by atoms with van der Waals surface area (Å²) in [6.07, 6.45) is 3.34. The molecule has 2 saturated heterocycles. The summed E-state index contributed by atoms with van der Waals surface area (Å²) in [4.78, 5) is 20.4. The number of pyridine rings is 1. The van der Waals surface area contributed by atoms with E-state index in [0.29, 0.717) is 44.5 Å². The van der Waals surface area contributed by atoms with Crippen LogP contribution in [0, 0.1) is 6.92 Å². The van der Waals surface area contributed by atoms with Gasteiger partial charge in [0.25, 0.3) is 0 Å². The number of ether oxygens (including phenoxy) is 2. The first-order valence-corrected chi connectivity index (χ1v) is 10.8. The van der Waals surface area contributed by atoms with Crippen LogP contribution in [0.4, 0.5) is 11.5 Å². The first kappa shape index (κ1) is 21.1. The van der Waals surface area contributed by atoms with E-state index >= 15 is 0 Å². The molecule has 2 aliphatic heterocycles. The lowest BCUT2D eigenvalue weighted by molar-refractivity contribution is -0.128. The topological polar surface area (TPSA) is 79.3 Å². The van der Waals surface area contributed by atoms with Crippen LogP contribution in [-0.4, -0.2) is 68.0 Å². The summed E-state index contributed by atoms with van der Waals surface area (Å²) in [5.41, 5.74) is 6.24. The van der Waals surface area contributed by atoms with Crippen LogP contribution in [0.2, 0.25) is 0 Å². The SMILES string of the molecule is Cc1cccc(C=NNc2cc(N3CCOCC3)cc(OCCN3CCCC3=O)n2)c1. The van der Waals surface area contributed by atoms with Crippen molar-refractivity contribution in [2.45, 2.75) is 19.8 Å². The zero-order chi connectivity index (χ0) is 21.5. The van der Waals surface area contributed by atoms with Crippen LogP contribution in [0.3, 0.4) is 0 Å². The number of anilines is 2. The number of benzene rings is 1. The second kappa shape index (κ2) is 10.3. The lowest BCUT2D eigenvalue weighted by atomic mass is 10.2. The van der Waals surface area contributed by atoms with E-state index in [0.717, 1.165) is 37.3 Å². The number of aromatic nitrogens is 1. The van der Waals surface area contributed by atoms with Crippen molar-refractivity contribution in [2.24, 2.45) is 5.10 Å². The summed E-state index contributed by atoms with van der Waals surface area (Å²) < 4.78 is 11.4. The van der Waals surface area contributed by atoms with Gasteiger partial charge in [-0.25, -0.2) is 0 Å². The first-order valence-electron chi connectivity index (χ1n) is 10.8. The minimum Gasteiger partial charge on any atom is -0.476 e. The minimum absolute atomic E-state index is 0.200. The van der Waals surface area contributed by atoms with Gasteiger partial charge in [0.05, 0.1) is 26.0 Å². The molecule has 1 N–H and O–H groups in total. The Morgan fingerprint density at radius 3 is 2.87 bits per heavy atom. The van der Waals surface area contributed by atoms with Crippen molar-refractivity contribution in [1.29, 1.82) is 0 Å². The van der Waals surface area contributed by atoms with Crippen molar-refractivity contribution < 1.29 is 14.3 Å². The molecular weight excluding hydrogens is 394 g/mol. The summed E-state index contributed by atoms with van der Waals surface area (Å²) in [5, 5.41) is 4.34. The lowest BCUT2D eigenvalue weighted by Crippen LogP contribution is -2.36. The molecule has 31 heavy (non-hydrogen) atoms. The molecule has 164 valence electrons. The Morgan fingerprint density at radius 1 is 1.23 bits per heavy atom. The van der Waals surface area contributed by atoms with Crippen molar-refractivity contribution in [3.8, 4) is 5.88 Å². The van der Waals surface area contributed by atoms with Gasteiger partial charge in [-0.3, -0.25) is 10.2 Å². The fraction of sp³-hybridized carbons (Fsp3) is 0.435. The number of hydrogen-bond donors (Lipinski definition) is 1. The van der Waals surface area contributed by atoms with Gasteiger partial charge in [0.1, 0.15) is 6.61 Å². The van der Waals surface area contributed by atoms with Gasteiger partial charge in [-0.1, -0.05) is 29.8 Å². The number of nitrogens with zero attached hydrogens (tertiary/aromatic N) is 4. The monoisotopic (exact) mass is 423 g/mol. The molecule has 3 heterocycles. The van der Waals surface area contributed by atoms with E-state index in [9.17, 15) is 4.79 Å². The smallest absolute Gasteiger partial charge is 0.222 e. The van der Waals surface area contributed by atoms with Crippen LogP contribution in [0.15, 0.2) is 41.5 Å². The van der Waals surface area contributed by atoms with Crippen molar-refractivity contribution in [1.82, 2.24) is 9.88 Å². The molecule has 2 fully saturated rings. The highest BCUT2D eigenvalue weighted by Crippen LogP contribution is 2.25. The van der Waals surface area contributed by atoms with Crippen LogP contribution >= 0.6 is 0 Å². The number of carbonyl (C=O) groups is 1. The second-order valence-corrected chi connectivity index (χ2v) is 7.77. The van der Waals surface area contributed by atoms with Gasteiger partial charge in [-0.2, -0.15) is 10.1 Å². The third-order valence-corrected chi connectivity index (χ3v) is 5.38. The maximum atomic E-state index is 11.8. The van der Waals surface area contributed by atoms with Gasteiger partial charge in [-0.15, -0.1) is 0 Å². The third kappa shape index (κ3) is 5.95. The molecule has 8 heteroatoms. The van der Waals surface area contributed by atoms with Crippen molar-refractivity contribution in [3.05, 3.63) is 47.5 Å². The molecule has 1 aromatic carbocycles. The molecule has 0 spiro atoms. The largest absolute Gasteiger partial charge is 0.476 e. The summed E-state index contributed by atoms with van der Waals surface area (Å²) in [7, 11) is 0. The number of morpholine rings is 1. The van der Waals surface area contributed by atoms with Gasteiger partial charge in [-0.05, 0) is 18.9 Å². The zero-order valence-electron chi connectivity index (χ0n) is 17.9. The van der Waals surface area contributed by atoms with Gasteiger partial charge in [0.15, 0.2) is 5.82 Å². The Morgan fingerprint density at radius 2 is 2.10 bits per heavy atom. The molecule has 8 nitrogen and oxygen atoms in total. The normalized spacial score (nSPS) is 16.9. The van der Waals surface area contributed by atoms with E-state index in [-0.39, 0.29) is 5.91 Å². The molecule has 0 radical (unpaired) electrons. The Bertz CT molecular complexity index is 927. The number of amides is 1. The predicted octanol–water partition coefficient (Wildman–Crippen LogP) is 2.67. The van der Waals surface area contributed by atoms with E-state index in [4.69, 9.17) is 9.47 Å². The van der Waals surface area contributed by atoms with Crippen LogP contribution in [0.5, 0.6) is 5.88 Å². The van der Waals surface area contributed by atoms with E-state index < -0.39 is 0 Å². The number of carbonyl (C=O) groups excluding carboxylic acids is 1. The number of nitrogens with one attached hydrogen (secondary N) is 1. The zero-order valence-corrected chi connectivity index (χ0v) is 17.9. The van der Waals surface area contributed by atoms with E-state index in [1.807, 2.05) is 29.2 Å². The van der Waals surface area contributed by atoms with Crippen molar-refractivity contribution >= 4 is 23.6 Å². The molecule has 2 aliphatic rings. The summed E-state index contributed by atoms with van der Waals surface area (Å²) in [5.74, 6) is 1.33. The first-order chi connectivity index (χ1) is 15.2. The number of hydrazone groups is 1. The number of aryl methyl sites for hydroxylation is 1. The Hall–Kier alpha value is -3.13. The van der Waals surface area contributed by atoms with E-state index in [2.05, 4.69) is 39.5 Å². The third-order valence-electron chi connectivity index (χ3n) is 5.38. The highest BCUT2D eigenvalue weighted by Gasteiger charge is 2.20. The number of rotatable bonds is 8. The van der Waals surface area contributed by atoms with Gasteiger partial charge in [0, 0.05) is 43.9 Å². The van der Waals surface area contributed by atoms with Gasteiger partial charge < -0.3 is 19.3 Å². The van der Waals surface area contributed by atoms with Crippen molar-refractivity contribution in [3.63, 3.8) is 0 Å². The van der Waals surface area contributed by atoms with Crippen LogP contribution < -0.4 is 15.1 Å². The summed E-state index contributed by atoms with van der Waals surface area (Å²) >= 11 is 0. The Kier molecular flexibility index (Phi) is 6.99. The summed E-state index contributed by atoms with van der Waals surface area (Å²) in [6.45, 7) is 6.89. The average molecular weight is 424 g/mol.